The third kappa shape index (κ3) is 4.12. The first kappa shape index (κ1) is 14.7. The van der Waals surface area contributed by atoms with E-state index in [1.54, 1.807) is 6.20 Å². The molecule has 1 aliphatic heterocycles. The van der Waals surface area contributed by atoms with E-state index in [0.717, 1.165) is 5.92 Å². The Labute approximate surface area is 111 Å². The van der Waals surface area contributed by atoms with Crippen LogP contribution in [0.25, 0.3) is 11.2 Å². The molecule has 0 bridgehead atoms. The summed E-state index contributed by atoms with van der Waals surface area (Å²) in [5, 5.41) is 3.32. The van der Waals surface area contributed by atoms with Crippen LogP contribution in [0.4, 0.5) is 0 Å². The van der Waals surface area contributed by atoms with Gasteiger partial charge in [0.2, 0.25) is 0 Å². The van der Waals surface area contributed by atoms with E-state index in [4.69, 9.17) is 0 Å². The van der Waals surface area contributed by atoms with Crippen molar-refractivity contribution in [2.24, 2.45) is 5.92 Å². The first-order valence-corrected chi connectivity index (χ1v) is 5.84. The molecule has 6 nitrogen and oxygen atoms in total. The molecular formula is C11H18ClN5O. The molecule has 0 radical (unpaired) electrons. The Kier molecular flexibility index (Phi) is 5.80. The fourth-order valence-corrected chi connectivity index (χ4v) is 1.75. The summed E-state index contributed by atoms with van der Waals surface area (Å²) < 4.78 is 0. The topological polar surface area (TPSA) is 86.5 Å². The quantitative estimate of drug-likeness (QED) is 0.669. The van der Waals surface area contributed by atoms with E-state index in [-0.39, 0.29) is 18.1 Å². The number of rotatable bonds is 0. The monoisotopic (exact) mass is 271 g/mol. The lowest BCUT2D eigenvalue weighted by atomic mass is 10.0. The molecule has 7 heteroatoms. The van der Waals surface area contributed by atoms with Gasteiger partial charge < -0.3 is 10.3 Å². The van der Waals surface area contributed by atoms with Crippen molar-refractivity contribution in [1.82, 2.24) is 25.3 Å². The molecule has 0 saturated carbocycles. The van der Waals surface area contributed by atoms with Crippen molar-refractivity contribution >= 4 is 23.6 Å². The highest BCUT2D eigenvalue weighted by Crippen LogP contribution is 2.08. The number of halogens is 1. The van der Waals surface area contributed by atoms with Crippen LogP contribution in [-0.2, 0) is 0 Å². The molecule has 2 aromatic heterocycles. The molecule has 1 aliphatic rings. The molecule has 0 unspecified atom stereocenters. The van der Waals surface area contributed by atoms with Crippen LogP contribution in [-0.4, -0.2) is 33.0 Å². The van der Waals surface area contributed by atoms with Crippen molar-refractivity contribution in [3.63, 3.8) is 0 Å². The maximum absolute atomic E-state index is 10.6. The lowest BCUT2D eigenvalue weighted by molar-refractivity contribution is 0.402. The molecule has 18 heavy (non-hydrogen) atoms. The van der Waals surface area contributed by atoms with E-state index >= 15 is 0 Å². The van der Waals surface area contributed by atoms with Crippen LogP contribution in [0.2, 0.25) is 0 Å². The minimum atomic E-state index is -0.254. The Morgan fingerprint density at radius 3 is 2.56 bits per heavy atom. The number of piperidine rings is 1. The summed E-state index contributed by atoms with van der Waals surface area (Å²) in [6.07, 6.45) is 5.67. The number of imidazole rings is 1. The van der Waals surface area contributed by atoms with Crippen LogP contribution in [0.3, 0.4) is 0 Å². The largest absolute Gasteiger partial charge is 0.325 e. The van der Waals surface area contributed by atoms with Gasteiger partial charge in [0.25, 0.3) is 0 Å². The molecule has 100 valence electrons. The van der Waals surface area contributed by atoms with Crippen LogP contribution < -0.4 is 11.0 Å². The fraction of sp³-hybridized carbons (Fsp3) is 0.545. The molecule has 3 rings (SSSR count). The maximum Gasteiger partial charge on any atom is 0.325 e. The molecule has 0 amide bonds. The standard InChI is InChI=1S/C6H13N.C5H4N4O.ClH/c1-6-2-4-7-5-3-6;10-5-8-3-1-6-2-7-4(3)9-5;/h6-7H,2-5H2,1H3;1-2H,(H2,6,7,8,9,10);1H. The van der Waals surface area contributed by atoms with E-state index < -0.39 is 0 Å². The molecule has 0 spiro atoms. The number of nitrogens with one attached hydrogen (secondary N) is 3. The van der Waals surface area contributed by atoms with Crippen molar-refractivity contribution < 1.29 is 0 Å². The second-order valence-corrected chi connectivity index (χ2v) is 4.30. The lowest BCUT2D eigenvalue weighted by Gasteiger charge is -2.17. The zero-order valence-corrected chi connectivity index (χ0v) is 11.1. The summed E-state index contributed by atoms with van der Waals surface area (Å²) in [4.78, 5) is 23.2. The van der Waals surface area contributed by atoms with Crippen LogP contribution in [0.1, 0.15) is 19.8 Å². The number of aromatic amines is 2. The highest BCUT2D eigenvalue weighted by molar-refractivity contribution is 5.85. The number of fused-ring (bicyclic) bond motifs is 1. The number of aromatic nitrogens is 4. The van der Waals surface area contributed by atoms with Crippen molar-refractivity contribution in [3.05, 3.63) is 23.0 Å². The zero-order chi connectivity index (χ0) is 12.1. The third-order valence-corrected chi connectivity index (χ3v) is 2.82. The van der Waals surface area contributed by atoms with Gasteiger partial charge >= 0.3 is 5.69 Å². The predicted molar refractivity (Wildman–Crippen MR) is 73.0 cm³/mol. The minimum absolute atomic E-state index is 0. The Bertz CT molecular complexity index is 481. The van der Waals surface area contributed by atoms with E-state index in [1.807, 2.05) is 0 Å². The van der Waals surface area contributed by atoms with Gasteiger partial charge in [-0.15, -0.1) is 12.4 Å². The predicted octanol–water partition coefficient (Wildman–Crippen LogP) is 1.07. The molecular weight excluding hydrogens is 254 g/mol. The molecule has 2 aromatic rings. The molecule has 1 fully saturated rings. The molecule has 1 saturated heterocycles. The Morgan fingerprint density at radius 2 is 2.00 bits per heavy atom. The van der Waals surface area contributed by atoms with Crippen LogP contribution in [0.5, 0.6) is 0 Å². The van der Waals surface area contributed by atoms with Gasteiger partial charge in [0.1, 0.15) is 11.8 Å². The van der Waals surface area contributed by atoms with E-state index in [2.05, 4.69) is 32.2 Å². The van der Waals surface area contributed by atoms with Crippen LogP contribution in [0, 0.1) is 5.92 Å². The average molecular weight is 272 g/mol. The highest BCUT2D eigenvalue weighted by Gasteiger charge is 2.05. The molecule has 3 heterocycles. The van der Waals surface area contributed by atoms with Gasteiger partial charge in [0.05, 0.1) is 6.20 Å². The first-order valence-electron chi connectivity index (χ1n) is 5.84. The van der Waals surface area contributed by atoms with E-state index in [1.165, 1.54) is 32.3 Å². The van der Waals surface area contributed by atoms with Crippen molar-refractivity contribution in [3.8, 4) is 0 Å². The van der Waals surface area contributed by atoms with Gasteiger partial charge in [-0.2, -0.15) is 0 Å². The number of hydrogen-bond donors (Lipinski definition) is 3. The Morgan fingerprint density at radius 1 is 1.28 bits per heavy atom. The van der Waals surface area contributed by atoms with Gasteiger partial charge in [-0.05, 0) is 31.8 Å². The van der Waals surface area contributed by atoms with Gasteiger partial charge in [-0.25, -0.2) is 14.8 Å². The smallest absolute Gasteiger partial charge is 0.317 e. The molecule has 0 aliphatic carbocycles. The van der Waals surface area contributed by atoms with Crippen molar-refractivity contribution in [2.75, 3.05) is 13.1 Å². The zero-order valence-electron chi connectivity index (χ0n) is 10.3. The second-order valence-electron chi connectivity index (χ2n) is 4.30. The van der Waals surface area contributed by atoms with Gasteiger partial charge in [-0.3, -0.25) is 4.98 Å². The molecule has 0 aromatic carbocycles. The minimum Gasteiger partial charge on any atom is -0.317 e. The van der Waals surface area contributed by atoms with Gasteiger partial charge in [0, 0.05) is 0 Å². The van der Waals surface area contributed by atoms with Crippen LogP contribution >= 0.6 is 12.4 Å². The van der Waals surface area contributed by atoms with E-state index in [0.29, 0.717) is 11.2 Å². The summed E-state index contributed by atoms with van der Waals surface area (Å²) in [5.41, 5.74) is 0.919. The summed E-state index contributed by atoms with van der Waals surface area (Å²) in [6, 6.07) is 0. The lowest BCUT2D eigenvalue weighted by Crippen LogP contribution is -2.26. The van der Waals surface area contributed by atoms with Crippen LogP contribution in [0.15, 0.2) is 17.3 Å². The van der Waals surface area contributed by atoms with Crippen molar-refractivity contribution in [1.29, 1.82) is 0 Å². The second kappa shape index (κ2) is 7.13. The van der Waals surface area contributed by atoms with Crippen molar-refractivity contribution in [2.45, 2.75) is 19.8 Å². The van der Waals surface area contributed by atoms with E-state index in [9.17, 15) is 4.79 Å². The fourth-order valence-electron chi connectivity index (χ4n) is 1.75. The van der Waals surface area contributed by atoms with Gasteiger partial charge in [0.15, 0.2) is 5.65 Å². The number of H-pyrrole nitrogens is 2. The number of nitrogens with zero attached hydrogens (tertiary/aromatic N) is 2. The highest BCUT2D eigenvalue weighted by atomic mass is 35.5. The molecule has 3 N–H and O–H groups in total. The third-order valence-electron chi connectivity index (χ3n) is 2.82. The normalized spacial score (nSPS) is 15.6. The maximum atomic E-state index is 10.6. The first-order chi connectivity index (χ1) is 8.25. The Hall–Kier alpha value is -1.40. The molecule has 0 atom stereocenters. The summed E-state index contributed by atoms with van der Waals surface area (Å²) in [6.45, 7) is 4.79. The summed E-state index contributed by atoms with van der Waals surface area (Å²) in [5.74, 6) is 0.973. The average Bonchev–Trinajstić information content (AvgIpc) is 2.71. The SMILES string of the molecule is CC1CCNCC1.Cl.O=c1[nH]c2cncnc2[nH]1. The summed E-state index contributed by atoms with van der Waals surface area (Å²) >= 11 is 0. The Balaban J connectivity index is 0.000000181. The number of hydrogen-bond acceptors (Lipinski definition) is 4. The summed E-state index contributed by atoms with van der Waals surface area (Å²) in [7, 11) is 0. The van der Waals surface area contributed by atoms with Gasteiger partial charge in [-0.1, -0.05) is 6.92 Å².